The summed E-state index contributed by atoms with van der Waals surface area (Å²) < 4.78 is 14.0. The molecule has 0 saturated carbocycles. The number of aliphatic hydroxyl groups excluding tert-OH is 2. The molecule has 0 aromatic heterocycles. The second kappa shape index (κ2) is 5.24. The molecule has 1 heterocycles. The Kier molecular flexibility index (Phi) is 3.88. The molecule has 0 bridgehead atoms. The van der Waals surface area contributed by atoms with Crippen LogP contribution >= 0.6 is 0 Å². The van der Waals surface area contributed by atoms with Gasteiger partial charge in [-0.05, 0) is 38.0 Å². The van der Waals surface area contributed by atoms with Crippen molar-refractivity contribution in [3.8, 4) is 0 Å². The third-order valence-electron chi connectivity index (χ3n) is 3.70. The van der Waals surface area contributed by atoms with Gasteiger partial charge in [0.1, 0.15) is 5.82 Å². The number of halogens is 1. The second-order valence-corrected chi connectivity index (χ2v) is 5.12. The standard InChI is InChI=1S/C14H20FNO2/c1-9(17)11-3-4-14(13(15)7-11)16-6-5-12(8-16)10(2)18/h3-4,7,9-10,12,17-18H,5-6,8H2,1-2H3/t9-,10?,12?/m0/s1. The van der Waals surface area contributed by atoms with Gasteiger partial charge in [-0.1, -0.05) is 6.07 Å². The van der Waals surface area contributed by atoms with E-state index >= 15 is 0 Å². The Balaban J connectivity index is 2.15. The zero-order valence-corrected chi connectivity index (χ0v) is 10.8. The molecule has 4 heteroatoms. The molecule has 3 nitrogen and oxygen atoms in total. The number of nitrogens with zero attached hydrogens (tertiary/aromatic N) is 1. The summed E-state index contributed by atoms with van der Waals surface area (Å²) in [5.74, 6) is -0.0968. The molecule has 2 unspecified atom stereocenters. The van der Waals surface area contributed by atoms with Gasteiger partial charge in [0, 0.05) is 19.0 Å². The first kappa shape index (κ1) is 13.3. The van der Waals surface area contributed by atoms with Gasteiger partial charge in [0.15, 0.2) is 0 Å². The molecular formula is C14H20FNO2. The van der Waals surface area contributed by atoms with Crippen molar-refractivity contribution in [1.82, 2.24) is 0 Å². The van der Waals surface area contributed by atoms with E-state index in [-0.39, 0.29) is 17.8 Å². The van der Waals surface area contributed by atoms with Crippen LogP contribution in [-0.4, -0.2) is 29.4 Å². The van der Waals surface area contributed by atoms with Crippen LogP contribution in [0.1, 0.15) is 31.9 Å². The SMILES string of the molecule is CC(O)C1CCN(c2ccc([C@H](C)O)cc2F)C1. The normalized spacial score (nSPS) is 23.2. The van der Waals surface area contributed by atoms with Crippen molar-refractivity contribution in [1.29, 1.82) is 0 Å². The van der Waals surface area contributed by atoms with Crippen LogP contribution in [0.4, 0.5) is 10.1 Å². The Morgan fingerprint density at radius 1 is 1.33 bits per heavy atom. The van der Waals surface area contributed by atoms with E-state index < -0.39 is 6.10 Å². The van der Waals surface area contributed by atoms with Crippen LogP contribution in [0.25, 0.3) is 0 Å². The molecule has 0 aliphatic carbocycles. The zero-order chi connectivity index (χ0) is 13.3. The highest BCUT2D eigenvalue weighted by molar-refractivity contribution is 5.50. The Labute approximate surface area is 107 Å². The summed E-state index contributed by atoms with van der Waals surface area (Å²) in [5, 5.41) is 19.0. The minimum atomic E-state index is -0.655. The lowest BCUT2D eigenvalue weighted by Crippen LogP contribution is -2.24. The molecule has 3 atom stereocenters. The molecule has 2 rings (SSSR count). The summed E-state index contributed by atoms with van der Waals surface area (Å²) in [7, 11) is 0. The number of hydrogen-bond acceptors (Lipinski definition) is 3. The van der Waals surface area contributed by atoms with Gasteiger partial charge in [0.05, 0.1) is 17.9 Å². The van der Waals surface area contributed by atoms with Gasteiger partial charge in [0.25, 0.3) is 0 Å². The third-order valence-corrected chi connectivity index (χ3v) is 3.70. The molecule has 1 fully saturated rings. The number of rotatable bonds is 3. The Hall–Kier alpha value is -1.13. The van der Waals surface area contributed by atoms with Crippen molar-refractivity contribution in [2.75, 3.05) is 18.0 Å². The van der Waals surface area contributed by atoms with E-state index in [9.17, 15) is 14.6 Å². The zero-order valence-electron chi connectivity index (χ0n) is 10.8. The van der Waals surface area contributed by atoms with E-state index in [0.717, 1.165) is 13.0 Å². The molecule has 18 heavy (non-hydrogen) atoms. The highest BCUT2D eigenvalue weighted by atomic mass is 19.1. The van der Waals surface area contributed by atoms with Gasteiger partial charge >= 0.3 is 0 Å². The summed E-state index contributed by atoms with van der Waals surface area (Å²) in [6.45, 7) is 4.85. The van der Waals surface area contributed by atoms with Crippen molar-refractivity contribution in [3.63, 3.8) is 0 Å². The predicted octanol–water partition coefficient (Wildman–Crippen LogP) is 2.09. The van der Waals surface area contributed by atoms with Gasteiger partial charge in [-0.25, -0.2) is 4.39 Å². The molecule has 0 amide bonds. The summed E-state index contributed by atoms with van der Waals surface area (Å²) in [5.41, 5.74) is 1.14. The average molecular weight is 253 g/mol. The lowest BCUT2D eigenvalue weighted by Gasteiger charge is -2.21. The first-order valence-electron chi connectivity index (χ1n) is 6.39. The van der Waals surface area contributed by atoms with Crippen LogP contribution in [0.2, 0.25) is 0 Å². The first-order valence-corrected chi connectivity index (χ1v) is 6.39. The Morgan fingerprint density at radius 3 is 2.56 bits per heavy atom. The minimum Gasteiger partial charge on any atom is -0.393 e. The number of benzene rings is 1. The fourth-order valence-electron chi connectivity index (χ4n) is 2.44. The first-order chi connectivity index (χ1) is 8.49. The number of aliphatic hydroxyl groups is 2. The summed E-state index contributed by atoms with van der Waals surface area (Å²) in [6.07, 6.45) is -0.123. The molecule has 0 radical (unpaired) electrons. The number of anilines is 1. The smallest absolute Gasteiger partial charge is 0.146 e. The van der Waals surface area contributed by atoms with Gasteiger partial charge in [-0.2, -0.15) is 0 Å². The molecular weight excluding hydrogens is 233 g/mol. The maximum atomic E-state index is 14.0. The Bertz CT molecular complexity index is 420. The maximum absolute atomic E-state index is 14.0. The highest BCUT2D eigenvalue weighted by Gasteiger charge is 2.27. The van der Waals surface area contributed by atoms with Gasteiger partial charge < -0.3 is 15.1 Å². The molecule has 1 aliphatic heterocycles. The molecule has 1 aliphatic rings. The maximum Gasteiger partial charge on any atom is 0.146 e. The van der Waals surface area contributed by atoms with E-state index in [0.29, 0.717) is 17.8 Å². The fourth-order valence-corrected chi connectivity index (χ4v) is 2.44. The summed E-state index contributed by atoms with van der Waals surface area (Å²) in [4.78, 5) is 1.96. The largest absolute Gasteiger partial charge is 0.393 e. The molecule has 2 N–H and O–H groups in total. The van der Waals surface area contributed by atoms with E-state index in [1.807, 2.05) is 4.90 Å². The van der Waals surface area contributed by atoms with Crippen LogP contribution < -0.4 is 4.90 Å². The van der Waals surface area contributed by atoms with Crippen molar-refractivity contribution >= 4 is 5.69 Å². The highest BCUT2D eigenvalue weighted by Crippen LogP contribution is 2.29. The van der Waals surface area contributed by atoms with Gasteiger partial charge in [-0.3, -0.25) is 0 Å². The number of hydrogen-bond donors (Lipinski definition) is 2. The van der Waals surface area contributed by atoms with E-state index in [1.165, 1.54) is 6.07 Å². The van der Waals surface area contributed by atoms with E-state index in [4.69, 9.17) is 0 Å². The quantitative estimate of drug-likeness (QED) is 0.867. The Morgan fingerprint density at radius 2 is 2.06 bits per heavy atom. The topological polar surface area (TPSA) is 43.7 Å². The molecule has 100 valence electrons. The lowest BCUT2D eigenvalue weighted by atomic mass is 10.0. The molecule has 0 spiro atoms. The monoisotopic (exact) mass is 253 g/mol. The van der Waals surface area contributed by atoms with Crippen molar-refractivity contribution in [3.05, 3.63) is 29.6 Å². The van der Waals surface area contributed by atoms with Crippen molar-refractivity contribution in [2.45, 2.75) is 32.5 Å². The minimum absolute atomic E-state index is 0.209. The summed E-state index contributed by atoms with van der Waals surface area (Å²) in [6, 6.07) is 4.84. The second-order valence-electron chi connectivity index (χ2n) is 5.12. The van der Waals surface area contributed by atoms with Crippen LogP contribution in [0.5, 0.6) is 0 Å². The van der Waals surface area contributed by atoms with Crippen LogP contribution in [-0.2, 0) is 0 Å². The predicted molar refractivity (Wildman–Crippen MR) is 69.0 cm³/mol. The van der Waals surface area contributed by atoms with Crippen LogP contribution in [0.15, 0.2) is 18.2 Å². The van der Waals surface area contributed by atoms with Gasteiger partial charge in [0.2, 0.25) is 0 Å². The molecule has 1 saturated heterocycles. The van der Waals surface area contributed by atoms with Gasteiger partial charge in [-0.15, -0.1) is 0 Å². The van der Waals surface area contributed by atoms with E-state index in [2.05, 4.69) is 0 Å². The summed E-state index contributed by atoms with van der Waals surface area (Å²) >= 11 is 0. The average Bonchev–Trinajstić information content (AvgIpc) is 2.78. The van der Waals surface area contributed by atoms with Crippen LogP contribution in [0, 0.1) is 11.7 Å². The molecule has 1 aromatic carbocycles. The lowest BCUT2D eigenvalue weighted by molar-refractivity contribution is 0.136. The van der Waals surface area contributed by atoms with E-state index in [1.54, 1.807) is 26.0 Å². The fraction of sp³-hybridized carbons (Fsp3) is 0.571. The van der Waals surface area contributed by atoms with Crippen molar-refractivity contribution in [2.24, 2.45) is 5.92 Å². The third kappa shape index (κ3) is 2.65. The van der Waals surface area contributed by atoms with Crippen LogP contribution in [0.3, 0.4) is 0 Å². The van der Waals surface area contributed by atoms with Crippen molar-refractivity contribution < 1.29 is 14.6 Å². The molecule has 1 aromatic rings.